The highest BCUT2D eigenvalue weighted by Crippen LogP contribution is 2.09. The van der Waals surface area contributed by atoms with Crippen LogP contribution in [0.1, 0.15) is 46.5 Å². The van der Waals surface area contributed by atoms with Gasteiger partial charge in [-0.25, -0.2) is 9.59 Å². The van der Waals surface area contributed by atoms with Crippen LogP contribution < -0.4 is 5.32 Å². The average Bonchev–Trinajstić information content (AvgIpc) is 2.50. The number of hydrogen-bond acceptors (Lipinski definition) is 3. The molecule has 0 radical (unpaired) electrons. The maximum Gasteiger partial charge on any atom is 0.326 e. The van der Waals surface area contributed by atoms with Gasteiger partial charge in [-0.05, 0) is 19.8 Å². The van der Waals surface area contributed by atoms with E-state index in [1.807, 2.05) is 6.92 Å². The first-order valence-corrected chi connectivity index (χ1v) is 8.01. The number of nitrogens with one attached hydrogen (secondary N) is 1. The standard InChI is InChI=1S/C15H29N3O3/c1-4-6-7-13(14(19)20)16-15(21)18-10-8-17(9-11-18)12(3)5-2/h12-13H,4-11H2,1-3H3,(H,16,21)(H,19,20). The number of piperazine rings is 1. The zero-order valence-electron chi connectivity index (χ0n) is 13.5. The fraction of sp³-hybridized carbons (Fsp3) is 0.867. The lowest BCUT2D eigenvalue weighted by molar-refractivity contribution is -0.139. The zero-order valence-corrected chi connectivity index (χ0v) is 13.5. The molecule has 0 aliphatic carbocycles. The van der Waals surface area contributed by atoms with Crippen LogP contribution in [0, 0.1) is 0 Å². The molecule has 1 aliphatic rings. The number of hydrogen-bond donors (Lipinski definition) is 2. The van der Waals surface area contributed by atoms with E-state index in [9.17, 15) is 9.59 Å². The largest absolute Gasteiger partial charge is 0.480 e. The van der Waals surface area contributed by atoms with E-state index < -0.39 is 12.0 Å². The molecule has 21 heavy (non-hydrogen) atoms. The number of urea groups is 1. The van der Waals surface area contributed by atoms with Crippen molar-refractivity contribution in [1.82, 2.24) is 15.1 Å². The van der Waals surface area contributed by atoms with Crippen molar-refractivity contribution in [1.29, 1.82) is 0 Å². The normalized spacial score (nSPS) is 19.1. The molecule has 2 atom stereocenters. The summed E-state index contributed by atoms with van der Waals surface area (Å²) in [6.45, 7) is 9.40. The van der Waals surface area contributed by atoms with E-state index in [0.29, 0.717) is 25.6 Å². The number of carboxylic acid groups (broad SMARTS) is 1. The Bertz CT molecular complexity index is 341. The molecule has 1 saturated heterocycles. The van der Waals surface area contributed by atoms with Gasteiger partial charge in [0.2, 0.25) is 0 Å². The zero-order chi connectivity index (χ0) is 15.8. The number of aliphatic carboxylic acids is 1. The van der Waals surface area contributed by atoms with Gasteiger partial charge in [-0.15, -0.1) is 0 Å². The predicted molar refractivity (Wildman–Crippen MR) is 82.4 cm³/mol. The Morgan fingerprint density at radius 2 is 1.81 bits per heavy atom. The Morgan fingerprint density at radius 3 is 2.29 bits per heavy atom. The van der Waals surface area contributed by atoms with Crippen LogP contribution in [-0.4, -0.2) is 65.2 Å². The minimum absolute atomic E-state index is 0.248. The number of carbonyl (C=O) groups excluding carboxylic acids is 1. The number of rotatable bonds is 7. The third kappa shape index (κ3) is 5.53. The van der Waals surface area contributed by atoms with Gasteiger partial charge in [-0.1, -0.05) is 26.7 Å². The summed E-state index contributed by atoms with van der Waals surface area (Å²) in [5.41, 5.74) is 0. The van der Waals surface area contributed by atoms with Gasteiger partial charge in [0.25, 0.3) is 0 Å². The van der Waals surface area contributed by atoms with E-state index in [-0.39, 0.29) is 6.03 Å². The molecule has 0 saturated carbocycles. The summed E-state index contributed by atoms with van der Waals surface area (Å²) in [6.07, 6.45) is 3.32. The molecule has 1 heterocycles. The first kappa shape index (κ1) is 17.8. The van der Waals surface area contributed by atoms with Gasteiger partial charge in [0.1, 0.15) is 6.04 Å². The fourth-order valence-electron chi connectivity index (χ4n) is 2.53. The molecule has 2 N–H and O–H groups in total. The van der Waals surface area contributed by atoms with Crippen molar-refractivity contribution in [2.24, 2.45) is 0 Å². The maximum atomic E-state index is 12.2. The van der Waals surface area contributed by atoms with E-state index in [2.05, 4.69) is 24.1 Å². The van der Waals surface area contributed by atoms with Crippen molar-refractivity contribution in [2.75, 3.05) is 26.2 Å². The van der Waals surface area contributed by atoms with Crippen LogP contribution in [0.25, 0.3) is 0 Å². The minimum atomic E-state index is -0.949. The molecule has 1 aliphatic heterocycles. The molecule has 0 aromatic heterocycles. The highest BCUT2D eigenvalue weighted by atomic mass is 16.4. The van der Waals surface area contributed by atoms with Crippen molar-refractivity contribution >= 4 is 12.0 Å². The summed E-state index contributed by atoms with van der Waals surface area (Å²) in [6, 6.07) is -0.487. The molecule has 6 nitrogen and oxygen atoms in total. The molecule has 122 valence electrons. The molecule has 2 amide bonds. The molecule has 6 heteroatoms. The molecule has 2 unspecified atom stereocenters. The second-order valence-electron chi connectivity index (χ2n) is 5.76. The van der Waals surface area contributed by atoms with Gasteiger partial charge in [0.05, 0.1) is 0 Å². The lowest BCUT2D eigenvalue weighted by atomic mass is 10.1. The van der Waals surface area contributed by atoms with E-state index in [0.717, 1.165) is 32.4 Å². The molecule has 0 bridgehead atoms. The Hall–Kier alpha value is -1.30. The van der Waals surface area contributed by atoms with Crippen LogP contribution in [0.15, 0.2) is 0 Å². The van der Waals surface area contributed by atoms with Crippen LogP contribution in [0.2, 0.25) is 0 Å². The average molecular weight is 299 g/mol. The monoisotopic (exact) mass is 299 g/mol. The number of carbonyl (C=O) groups is 2. The van der Waals surface area contributed by atoms with Crippen molar-refractivity contribution in [3.05, 3.63) is 0 Å². The van der Waals surface area contributed by atoms with Gasteiger partial charge < -0.3 is 15.3 Å². The van der Waals surface area contributed by atoms with Gasteiger partial charge in [-0.2, -0.15) is 0 Å². The number of nitrogens with zero attached hydrogens (tertiary/aromatic N) is 2. The number of carboxylic acids is 1. The van der Waals surface area contributed by atoms with Gasteiger partial charge >= 0.3 is 12.0 Å². The van der Waals surface area contributed by atoms with Crippen molar-refractivity contribution in [3.8, 4) is 0 Å². The third-order valence-corrected chi connectivity index (χ3v) is 4.26. The molecule has 0 aromatic carbocycles. The second kappa shape index (κ2) is 8.87. The summed E-state index contributed by atoms with van der Waals surface area (Å²) >= 11 is 0. The summed E-state index contributed by atoms with van der Waals surface area (Å²) in [5, 5.41) is 11.8. The summed E-state index contributed by atoms with van der Waals surface area (Å²) in [4.78, 5) is 27.4. The first-order chi connectivity index (χ1) is 9.99. The number of amides is 2. The fourth-order valence-corrected chi connectivity index (χ4v) is 2.53. The van der Waals surface area contributed by atoms with Crippen LogP contribution in [0.5, 0.6) is 0 Å². The number of unbranched alkanes of at least 4 members (excludes halogenated alkanes) is 1. The van der Waals surface area contributed by atoms with Crippen LogP contribution in [0.3, 0.4) is 0 Å². The lowest BCUT2D eigenvalue weighted by Gasteiger charge is -2.38. The summed E-state index contributed by atoms with van der Waals surface area (Å²) in [5.74, 6) is -0.949. The van der Waals surface area contributed by atoms with E-state index >= 15 is 0 Å². The SMILES string of the molecule is CCCCC(NC(=O)N1CCN(C(C)CC)CC1)C(=O)O. The van der Waals surface area contributed by atoms with Crippen molar-refractivity contribution in [3.63, 3.8) is 0 Å². The smallest absolute Gasteiger partial charge is 0.326 e. The molecule has 1 fully saturated rings. The predicted octanol–water partition coefficient (Wildman–Crippen LogP) is 1.76. The van der Waals surface area contributed by atoms with Gasteiger partial charge in [0, 0.05) is 32.2 Å². The summed E-state index contributed by atoms with van der Waals surface area (Å²) in [7, 11) is 0. The quantitative estimate of drug-likeness (QED) is 0.751. The Kier molecular flexibility index (Phi) is 7.50. The lowest BCUT2D eigenvalue weighted by Crippen LogP contribution is -2.55. The maximum absolute atomic E-state index is 12.2. The van der Waals surface area contributed by atoms with E-state index in [4.69, 9.17) is 5.11 Å². The minimum Gasteiger partial charge on any atom is -0.480 e. The van der Waals surface area contributed by atoms with Crippen LogP contribution in [-0.2, 0) is 4.79 Å². The highest BCUT2D eigenvalue weighted by molar-refractivity contribution is 5.82. The molecular weight excluding hydrogens is 270 g/mol. The molecule has 1 rings (SSSR count). The van der Waals surface area contributed by atoms with E-state index in [1.54, 1.807) is 4.90 Å². The van der Waals surface area contributed by atoms with E-state index in [1.165, 1.54) is 0 Å². The van der Waals surface area contributed by atoms with Crippen LogP contribution >= 0.6 is 0 Å². The molecule has 0 aromatic rings. The first-order valence-electron chi connectivity index (χ1n) is 8.01. The molecular formula is C15H29N3O3. The van der Waals surface area contributed by atoms with Gasteiger partial charge in [-0.3, -0.25) is 4.90 Å². The van der Waals surface area contributed by atoms with Crippen molar-refractivity contribution < 1.29 is 14.7 Å². The molecule has 0 spiro atoms. The van der Waals surface area contributed by atoms with Crippen molar-refractivity contribution in [2.45, 2.75) is 58.5 Å². The third-order valence-electron chi connectivity index (χ3n) is 4.26. The van der Waals surface area contributed by atoms with Crippen LogP contribution in [0.4, 0.5) is 4.79 Å². The summed E-state index contributed by atoms with van der Waals surface area (Å²) < 4.78 is 0. The Balaban J connectivity index is 2.43. The highest BCUT2D eigenvalue weighted by Gasteiger charge is 2.26. The van der Waals surface area contributed by atoms with Gasteiger partial charge in [0.15, 0.2) is 0 Å². The topological polar surface area (TPSA) is 72.9 Å². The second-order valence-corrected chi connectivity index (χ2v) is 5.76. The Morgan fingerprint density at radius 1 is 1.19 bits per heavy atom. The Labute approximate surface area is 127 Å².